The molecule has 1 fully saturated rings. The van der Waals surface area contributed by atoms with E-state index in [1.807, 2.05) is 55.5 Å². The molecular weight excluding hydrogens is 472 g/mol. The fourth-order valence-electron chi connectivity index (χ4n) is 4.96. The van der Waals surface area contributed by atoms with Crippen molar-refractivity contribution in [2.24, 2.45) is 0 Å². The average molecular weight is 507 g/mol. The molecule has 0 radical (unpaired) electrons. The zero-order valence-electron chi connectivity index (χ0n) is 22.0. The Labute approximate surface area is 224 Å². The van der Waals surface area contributed by atoms with Crippen molar-refractivity contribution in [2.75, 3.05) is 30.3 Å². The van der Waals surface area contributed by atoms with Gasteiger partial charge >= 0.3 is 0 Å². The Bertz CT molecular complexity index is 1370. The lowest BCUT2D eigenvalue weighted by atomic mass is 9.89. The van der Waals surface area contributed by atoms with Gasteiger partial charge in [-0.15, -0.1) is 0 Å². The van der Waals surface area contributed by atoms with Crippen molar-refractivity contribution in [3.63, 3.8) is 0 Å². The average Bonchev–Trinajstić information content (AvgIpc) is 2.96. The molecule has 0 spiro atoms. The number of nitrogens with zero attached hydrogens (tertiary/aromatic N) is 4. The molecule has 0 atom stereocenters. The number of amides is 1. The second-order valence-electron chi connectivity index (χ2n) is 9.85. The molecule has 0 unspecified atom stereocenters. The lowest BCUT2D eigenvalue weighted by molar-refractivity contribution is 0.102. The van der Waals surface area contributed by atoms with E-state index < -0.39 is 0 Å². The number of carbonyl (C=O) groups excluding carboxylic acids is 1. The number of pyridine rings is 1. The highest BCUT2D eigenvalue weighted by Crippen LogP contribution is 2.29. The lowest BCUT2D eigenvalue weighted by Crippen LogP contribution is -2.33. The van der Waals surface area contributed by atoms with Gasteiger partial charge in [-0.3, -0.25) is 9.78 Å². The Morgan fingerprint density at radius 3 is 2.58 bits per heavy atom. The topological polar surface area (TPSA) is 83.0 Å². The molecule has 0 bridgehead atoms. The molecule has 2 aromatic carbocycles. The maximum absolute atomic E-state index is 13.0. The van der Waals surface area contributed by atoms with E-state index >= 15 is 0 Å². The van der Waals surface area contributed by atoms with E-state index in [2.05, 4.69) is 49.5 Å². The van der Waals surface area contributed by atoms with Gasteiger partial charge in [-0.05, 0) is 105 Å². The van der Waals surface area contributed by atoms with Gasteiger partial charge in [0.25, 0.3) is 5.91 Å². The van der Waals surface area contributed by atoms with Crippen LogP contribution in [0.5, 0.6) is 0 Å². The Balaban J connectivity index is 1.23. The molecule has 194 valence electrons. The van der Waals surface area contributed by atoms with Crippen molar-refractivity contribution < 1.29 is 4.79 Å². The van der Waals surface area contributed by atoms with Gasteiger partial charge in [0, 0.05) is 41.1 Å². The summed E-state index contributed by atoms with van der Waals surface area (Å²) in [6.45, 7) is 7.74. The van der Waals surface area contributed by atoms with Gasteiger partial charge < -0.3 is 15.5 Å². The Morgan fingerprint density at radius 1 is 1.03 bits per heavy atom. The normalized spacial score (nSPS) is 14.3. The van der Waals surface area contributed by atoms with Crippen LogP contribution >= 0.6 is 0 Å². The molecule has 7 heteroatoms. The van der Waals surface area contributed by atoms with Crippen molar-refractivity contribution in [1.29, 1.82) is 0 Å². The van der Waals surface area contributed by atoms with Crippen LogP contribution in [0.3, 0.4) is 0 Å². The number of aryl methyl sites for hydroxylation is 1. The summed E-state index contributed by atoms with van der Waals surface area (Å²) in [4.78, 5) is 28.7. The van der Waals surface area contributed by atoms with Crippen LogP contribution in [-0.2, 0) is 0 Å². The first-order valence-corrected chi connectivity index (χ1v) is 13.3. The molecule has 2 aromatic heterocycles. The van der Waals surface area contributed by atoms with Crippen LogP contribution in [-0.4, -0.2) is 45.4 Å². The second kappa shape index (κ2) is 12.0. The fourth-order valence-corrected chi connectivity index (χ4v) is 4.96. The molecule has 1 saturated heterocycles. The number of hydrogen-bond acceptors (Lipinski definition) is 6. The van der Waals surface area contributed by atoms with Crippen molar-refractivity contribution >= 4 is 23.2 Å². The predicted molar refractivity (Wildman–Crippen MR) is 153 cm³/mol. The van der Waals surface area contributed by atoms with Gasteiger partial charge in [0.05, 0.1) is 5.69 Å². The minimum absolute atomic E-state index is 0.126. The van der Waals surface area contributed by atoms with E-state index in [-0.39, 0.29) is 5.91 Å². The highest BCUT2D eigenvalue weighted by atomic mass is 16.1. The Kier molecular flexibility index (Phi) is 8.04. The molecule has 2 N–H and O–H groups in total. The first-order chi connectivity index (χ1) is 18.6. The molecule has 4 aromatic rings. The third kappa shape index (κ3) is 6.23. The molecule has 7 nitrogen and oxygen atoms in total. The van der Waals surface area contributed by atoms with E-state index in [0.29, 0.717) is 23.1 Å². The molecule has 1 amide bonds. The lowest BCUT2D eigenvalue weighted by Gasteiger charge is -2.32. The Morgan fingerprint density at radius 2 is 1.84 bits per heavy atom. The van der Waals surface area contributed by atoms with E-state index in [0.717, 1.165) is 35.6 Å². The first kappa shape index (κ1) is 25.5. The maximum Gasteiger partial charge on any atom is 0.255 e. The monoisotopic (exact) mass is 506 g/mol. The van der Waals surface area contributed by atoms with Crippen LogP contribution in [0.2, 0.25) is 0 Å². The fraction of sp³-hybridized carbons (Fsp3) is 0.290. The predicted octanol–water partition coefficient (Wildman–Crippen LogP) is 6.43. The number of nitrogens with one attached hydrogen (secondary N) is 2. The summed E-state index contributed by atoms with van der Waals surface area (Å²) in [7, 11) is 0. The van der Waals surface area contributed by atoms with E-state index in [4.69, 9.17) is 0 Å². The third-order valence-corrected chi connectivity index (χ3v) is 7.13. The third-order valence-electron chi connectivity index (χ3n) is 7.13. The van der Waals surface area contributed by atoms with Gasteiger partial charge in [0.1, 0.15) is 0 Å². The van der Waals surface area contributed by atoms with Crippen LogP contribution in [0.15, 0.2) is 79.3 Å². The highest BCUT2D eigenvalue weighted by molar-refractivity contribution is 6.04. The van der Waals surface area contributed by atoms with E-state index in [9.17, 15) is 4.79 Å². The molecule has 38 heavy (non-hydrogen) atoms. The van der Waals surface area contributed by atoms with Gasteiger partial charge in [0.2, 0.25) is 5.95 Å². The molecule has 1 aliphatic heterocycles. The minimum atomic E-state index is -0.126. The molecular formula is C31H34N6O. The summed E-state index contributed by atoms with van der Waals surface area (Å²) < 4.78 is 0. The van der Waals surface area contributed by atoms with Gasteiger partial charge in [-0.25, -0.2) is 9.97 Å². The number of carbonyl (C=O) groups is 1. The molecule has 0 aliphatic carbocycles. The largest absolute Gasteiger partial charge is 0.324 e. The molecule has 5 rings (SSSR count). The quantitative estimate of drug-likeness (QED) is 0.286. The number of hydrogen-bond donors (Lipinski definition) is 2. The van der Waals surface area contributed by atoms with Crippen LogP contribution in [0, 0.1) is 6.92 Å². The first-order valence-electron chi connectivity index (χ1n) is 13.3. The van der Waals surface area contributed by atoms with Gasteiger partial charge in [-0.1, -0.05) is 25.1 Å². The van der Waals surface area contributed by atoms with Gasteiger partial charge in [-0.2, -0.15) is 0 Å². The van der Waals surface area contributed by atoms with Gasteiger partial charge in [0.15, 0.2) is 0 Å². The summed E-state index contributed by atoms with van der Waals surface area (Å²) in [5.41, 5.74) is 6.24. The van der Waals surface area contributed by atoms with Crippen molar-refractivity contribution in [1.82, 2.24) is 19.9 Å². The summed E-state index contributed by atoms with van der Waals surface area (Å²) in [6, 6.07) is 19.6. The number of likely N-dealkylation sites (tertiary alicyclic amines) is 1. The van der Waals surface area contributed by atoms with Crippen molar-refractivity contribution in [3.05, 3.63) is 95.9 Å². The number of piperidine rings is 1. The summed E-state index contributed by atoms with van der Waals surface area (Å²) in [5, 5.41) is 6.33. The second-order valence-corrected chi connectivity index (χ2v) is 9.85. The van der Waals surface area contributed by atoms with Crippen molar-refractivity contribution in [3.8, 4) is 11.3 Å². The van der Waals surface area contributed by atoms with E-state index in [1.165, 1.54) is 31.4 Å². The maximum atomic E-state index is 13.0. The Hall–Kier alpha value is -4.10. The zero-order chi connectivity index (χ0) is 26.3. The standard InChI is InChI=1S/C31H34N6O/c1-3-17-37-18-13-24(14-19-37)23-7-9-25(10-8-23)30(38)34-27-11-6-22(2)29(20-27)36-31-33-16-12-28(35-31)26-5-4-15-32-21-26/h4-12,15-16,20-21,24H,3,13-14,17-19H2,1-2H3,(H,34,38)(H,33,35,36). The number of benzene rings is 2. The van der Waals surface area contributed by atoms with Crippen LogP contribution in [0.1, 0.15) is 53.6 Å². The summed E-state index contributed by atoms with van der Waals surface area (Å²) >= 11 is 0. The smallest absolute Gasteiger partial charge is 0.255 e. The number of aromatic nitrogens is 3. The zero-order valence-corrected chi connectivity index (χ0v) is 22.0. The summed E-state index contributed by atoms with van der Waals surface area (Å²) in [5.74, 6) is 0.929. The van der Waals surface area contributed by atoms with Crippen molar-refractivity contribution in [2.45, 2.75) is 39.0 Å². The molecule has 1 aliphatic rings. The SMILES string of the molecule is CCCN1CCC(c2ccc(C(=O)Nc3ccc(C)c(Nc4nccc(-c5cccnc5)n4)c3)cc2)CC1. The molecule has 3 heterocycles. The number of anilines is 3. The van der Waals surface area contributed by atoms with Crippen LogP contribution < -0.4 is 10.6 Å². The highest BCUT2D eigenvalue weighted by Gasteiger charge is 2.20. The number of rotatable bonds is 8. The van der Waals surface area contributed by atoms with Crippen LogP contribution in [0.25, 0.3) is 11.3 Å². The molecule has 0 saturated carbocycles. The minimum Gasteiger partial charge on any atom is -0.324 e. The van der Waals surface area contributed by atoms with E-state index in [1.54, 1.807) is 18.6 Å². The van der Waals surface area contributed by atoms with Crippen LogP contribution in [0.4, 0.5) is 17.3 Å². The summed E-state index contributed by atoms with van der Waals surface area (Å²) in [6.07, 6.45) is 8.80.